The Labute approximate surface area is 108 Å². The van der Waals surface area contributed by atoms with Crippen LogP contribution in [0.5, 0.6) is 5.75 Å². The van der Waals surface area contributed by atoms with E-state index >= 15 is 0 Å². The second-order valence-electron chi connectivity index (χ2n) is 3.65. The van der Waals surface area contributed by atoms with E-state index in [0.717, 1.165) is 0 Å². The SMILES string of the molecule is COC(=O)c1cc(NC(=O)c2ccco2)ccc1O. The standard InChI is InChI=1S/C13H11NO5/c1-18-13(17)9-7-8(4-5-10(9)15)14-12(16)11-3-2-6-19-11/h2-7,15H,1H3,(H,14,16). The molecule has 0 fully saturated rings. The number of carbonyl (C=O) groups is 2. The van der Waals surface area contributed by atoms with E-state index in [1.807, 2.05) is 0 Å². The highest BCUT2D eigenvalue weighted by Gasteiger charge is 2.14. The van der Waals surface area contributed by atoms with Crippen molar-refractivity contribution in [2.45, 2.75) is 0 Å². The van der Waals surface area contributed by atoms with E-state index in [1.54, 1.807) is 6.07 Å². The lowest BCUT2D eigenvalue weighted by Crippen LogP contribution is -2.11. The average Bonchev–Trinajstić information content (AvgIpc) is 2.94. The topological polar surface area (TPSA) is 88.8 Å². The number of aromatic hydroxyl groups is 1. The molecule has 1 aromatic carbocycles. The van der Waals surface area contributed by atoms with Crippen molar-refractivity contribution in [3.8, 4) is 5.75 Å². The maximum atomic E-state index is 11.7. The fraction of sp³-hybridized carbons (Fsp3) is 0.0769. The smallest absolute Gasteiger partial charge is 0.341 e. The Kier molecular flexibility index (Phi) is 3.51. The van der Waals surface area contributed by atoms with Crippen LogP contribution in [-0.2, 0) is 4.74 Å². The van der Waals surface area contributed by atoms with E-state index in [4.69, 9.17) is 4.42 Å². The molecule has 2 N–H and O–H groups in total. The second-order valence-corrected chi connectivity index (χ2v) is 3.65. The van der Waals surface area contributed by atoms with Gasteiger partial charge < -0.3 is 19.6 Å². The minimum absolute atomic E-state index is 0.0280. The first-order valence-electron chi connectivity index (χ1n) is 5.38. The summed E-state index contributed by atoms with van der Waals surface area (Å²) in [6, 6.07) is 7.18. The van der Waals surface area contributed by atoms with Gasteiger partial charge in [0.2, 0.25) is 0 Å². The monoisotopic (exact) mass is 261 g/mol. The summed E-state index contributed by atoms with van der Waals surface area (Å²) < 4.78 is 9.46. The number of hydrogen-bond donors (Lipinski definition) is 2. The van der Waals surface area contributed by atoms with Crippen LogP contribution in [0.2, 0.25) is 0 Å². The summed E-state index contributed by atoms with van der Waals surface area (Å²) in [5, 5.41) is 12.1. The molecule has 98 valence electrons. The molecule has 0 radical (unpaired) electrons. The van der Waals surface area contributed by atoms with Crippen LogP contribution in [0.4, 0.5) is 5.69 Å². The zero-order valence-electron chi connectivity index (χ0n) is 10.0. The van der Waals surface area contributed by atoms with Crippen LogP contribution in [0.3, 0.4) is 0 Å². The van der Waals surface area contributed by atoms with E-state index in [0.29, 0.717) is 5.69 Å². The van der Waals surface area contributed by atoms with Crippen LogP contribution >= 0.6 is 0 Å². The fourth-order valence-corrected chi connectivity index (χ4v) is 1.49. The molecule has 1 amide bonds. The minimum Gasteiger partial charge on any atom is -0.507 e. The Morgan fingerprint density at radius 3 is 2.74 bits per heavy atom. The van der Waals surface area contributed by atoms with Crippen LogP contribution < -0.4 is 5.32 Å². The summed E-state index contributed by atoms with van der Waals surface area (Å²) in [4.78, 5) is 23.1. The number of nitrogens with one attached hydrogen (secondary N) is 1. The number of ether oxygens (including phenoxy) is 1. The molecule has 19 heavy (non-hydrogen) atoms. The zero-order chi connectivity index (χ0) is 13.8. The molecule has 0 spiro atoms. The van der Waals surface area contributed by atoms with E-state index in [-0.39, 0.29) is 17.1 Å². The van der Waals surface area contributed by atoms with Crippen molar-refractivity contribution in [2.24, 2.45) is 0 Å². The van der Waals surface area contributed by atoms with Crippen LogP contribution in [0, 0.1) is 0 Å². The lowest BCUT2D eigenvalue weighted by atomic mass is 10.1. The van der Waals surface area contributed by atoms with Gasteiger partial charge >= 0.3 is 5.97 Å². The van der Waals surface area contributed by atoms with Gasteiger partial charge in [0, 0.05) is 5.69 Å². The quantitative estimate of drug-likeness (QED) is 0.651. The van der Waals surface area contributed by atoms with E-state index < -0.39 is 11.9 Å². The van der Waals surface area contributed by atoms with Crippen molar-refractivity contribution in [3.05, 3.63) is 47.9 Å². The maximum absolute atomic E-state index is 11.7. The molecule has 2 aromatic rings. The molecule has 0 atom stereocenters. The van der Waals surface area contributed by atoms with Crippen molar-refractivity contribution in [3.63, 3.8) is 0 Å². The number of amides is 1. The number of furan rings is 1. The van der Waals surface area contributed by atoms with Gasteiger partial charge in [0.05, 0.1) is 13.4 Å². The first-order valence-corrected chi connectivity index (χ1v) is 5.38. The summed E-state index contributed by atoms with van der Waals surface area (Å²) in [6.07, 6.45) is 1.38. The number of carbonyl (C=O) groups excluding carboxylic acids is 2. The third-order valence-corrected chi connectivity index (χ3v) is 2.40. The van der Waals surface area contributed by atoms with Crippen molar-refractivity contribution in [1.82, 2.24) is 0 Å². The molecule has 0 saturated carbocycles. The van der Waals surface area contributed by atoms with Gasteiger partial charge in [0.15, 0.2) is 5.76 Å². The van der Waals surface area contributed by atoms with Gasteiger partial charge in [0.25, 0.3) is 5.91 Å². The highest BCUT2D eigenvalue weighted by molar-refractivity contribution is 6.03. The van der Waals surface area contributed by atoms with E-state index in [2.05, 4.69) is 10.1 Å². The zero-order valence-corrected chi connectivity index (χ0v) is 10.0. The lowest BCUT2D eigenvalue weighted by Gasteiger charge is -2.07. The Hall–Kier alpha value is -2.76. The third kappa shape index (κ3) is 2.74. The number of anilines is 1. The number of phenolic OH excluding ortho intramolecular Hbond substituents is 1. The molecular weight excluding hydrogens is 250 g/mol. The van der Waals surface area contributed by atoms with Crippen LogP contribution in [0.25, 0.3) is 0 Å². The number of hydrogen-bond acceptors (Lipinski definition) is 5. The van der Waals surface area contributed by atoms with Crippen molar-refractivity contribution in [2.75, 3.05) is 12.4 Å². The third-order valence-electron chi connectivity index (χ3n) is 2.40. The summed E-state index contributed by atoms with van der Waals surface area (Å²) >= 11 is 0. The number of esters is 1. The Bertz CT molecular complexity index is 604. The number of phenols is 1. The fourth-order valence-electron chi connectivity index (χ4n) is 1.49. The summed E-state index contributed by atoms with van der Waals surface area (Å²) in [6.45, 7) is 0. The Balaban J connectivity index is 2.22. The largest absolute Gasteiger partial charge is 0.507 e. The maximum Gasteiger partial charge on any atom is 0.341 e. The van der Waals surface area contributed by atoms with E-state index in [9.17, 15) is 14.7 Å². The van der Waals surface area contributed by atoms with Crippen LogP contribution in [-0.4, -0.2) is 24.1 Å². The van der Waals surface area contributed by atoms with Crippen molar-refractivity contribution < 1.29 is 23.8 Å². The minimum atomic E-state index is -0.688. The molecule has 0 bridgehead atoms. The molecule has 1 aromatic heterocycles. The van der Waals surface area contributed by atoms with Gasteiger partial charge in [-0.25, -0.2) is 4.79 Å². The normalized spacial score (nSPS) is 9.95. The summed E-state index contributed by atoms with van der Waals surface area (Å²) in [5.74, 6) is -1.21. The average molecular weight is 261 g/mol. The second kappa shape index (κ2) is 5.26. The van der Waals surface area contributed by atoms with Gasteiger partial charge in [-0.2, -0.15) is 0 Å². The molecular formula is C13H11NO5. The van der Waals surface area contributed by atoms with Crippen molar-refractivity contribution >= 4 is 17.6 Å². The lowest BCUT2D eigenvalue weighted by molar-refractivity contribution is 0.0597. The summed E-state index contributed by atoms with van der Waals surface area (Å²) in [7, 11) is 1.20. The molecule has 0 aliphatic carbocycles. The van der Waals surface area contributed by atoms with Gasteiger partial charge in [-0.05, 0) is 30.3 Å². The van der Waals surface area contributed by atoms with Gasteiger partial charge in [-0.15, -0.1) is 0 Å². The number of methoxy groups -OCH3 is 1. The molecule has 0 aliphatic rings. The molecule has 6 heteroatoms. The first-order chi connectivity index (χ1) is 9.11. The highest BCUT2D eigenvalue weighted by atomic mass is 16.5. The first kappa shape index (κ1) is 12.7. The molecule has 2 rings (SSSR count). The Morgan fingerprint density at radius 1 is 1.32 bits per heavy atom. The van der Waals surface area contributed by atoms with Gasteiger partial charge in [0.1, 0.15) is 11.3 Å². The predicted molar refractivity (Wildman–Crippen MR) is 66.1 cm³/mol. The van der Waals surface area contributed by atoms with E-state index in [1.165, 1.54) is 37.6 Å². The molecule has 0 unspecified atom stereocenters. The van der Waals surface area contributed by atoms with Gasteiger partial charge in [-0.1, -0.05) is 0 Å². The predicted octanol–water partition coefficient (Wildman–Crippen LogP) is 2.02. The number of benzene rings is 1. The number of rotatable bonds is 3. The molecule has 6 nitrogen and oxygen atoms in total. The summed E-state index contributed by atoms with van der Waals surface area (Å²) in [5.41, 5.74) is 0.319. The van der Waals surface area contributed by atoms with Crippen LogP contribution in [0.15, 0.2) is 41.0 Å². The highest BCUT2D eigenvalue weighted by Crippen LogP contribution is 2.22. The molecule has 0 aliphatic heterocycles. The van der Waals surface area contributed by atoms with Crippen LogP contribution in [0.1, 0.15) is 20.9 Å². The van der Waals surface area contributed by atoms with Crippen molar-refractivity contribution in [1.29, 1.82) is 0 Å². The molecule has 1 heterocycles. The van der Waals surface area contributed by atoms with Gasteiger partial charge in [-0.3, -0.25) is 4.79 Å². The molecule has 0 saturated heterocycles. The Morgan fingerprint density at radius 2 is 2.11 bits per heavy atom.